The molecule has 1 aromatic carbocycles. The number of hydrogen-bond donors (Lipinski definition) is 2. The molecule has 0 aliphatic rings. The Morgan fingerprint density at radius 3 is 2.25 bits per heavy atom. The number of alkyl carbamates (subject to hydrolysis) is 2. The minimum absolute atomic E-state index is 0.321. The second-order valence-electron chi connectivity index (χ2n) is 4.49. The molecule has 9 heteroatoms. The molecule has 1 aromatic rings. The number of carbonyl (C=O) groups excluding carboxylic acids is 2. The molecule has 0 heterocycles. The normalized spacial score (nSPS) is 9.83. The largest absolute Gasteiger partial charge is 0.496 e. The second-order valence-corrected chi connectivity index (χ2v) is 5.34. The Hall–Kier alpha value is -2.16. The summed E-state index contributed by atoms with van der Waals surface area (Å²) >= 11 is 3.38. The fourth-order valence-corrected chi connectivity index (χ4v) is 2.29. The van der Waals surface area contributed by atoms with Crippen molar-refractivity contribution < 1.29 is 28.5 Å². The zero-order valence-corrected chi connectivity index (χ0v) is 15.4. The Labute approximate surface area is 148 Å². The summed E-state index contributed by atoms with van der Waals surface area (Å²) in [6.45, 7) is 2.05. The Bertz CT molecular complexity index is 567. The fourth-order valence-electron chi connectivity index (χ4n) is 1.80. The van der Waals surface area contributed by atoms with E-state index in [4.69, 9.17) is 14.2 Å². The lowest BCUT2D eigenvalue weighted by atomic mass is 10.1. The maximum Gasteiger partial charge on any atom is 0.410 e. The number of methoxy groups -OCH3 is 2. The molecule has 0 spiro atoms. The van der Waals surface area contributed by atoms with Gasteiger partial charge >= 0.3 is 12.2 Å². The zero-order chi connectivity index (χ0) is 17.9. The summed E-state index contributed by atoms with van der Waals surface area (Å²) in [5.74, 6) is 1.35. The molecule has 0 saturated heterocycles. The highest BCUT2D eigenvalue weighted by Crippen LogP contribution is 2.32. The van der Waals surface area contributed by atoms with Crippen LogP contribution in [-0.4, -0.2) is 46.3 Å². The standard InChI is InChI=1S/C15H21BrN2O6/c1-4-17-14(19)23-9-24-15(20)18-6-5-10-7-13(22-3)11(16)8-12(10)21-2/h7-8H,4-6,9H2,1-3H3,(H,17,19)(H,18,20). The first-order valence-electron chi connectivity index (χ1n) is 7.23. The molecule has 134 valence electrons. The molecule has 8 nitrogen and oxygen atoms in total. The summed E-state index contributed by atoms with van der Waals surface area (Å²) in [5, 5.41) is 4.97. The molecule has 0 unspecified atom stereocenters. The van der Waals surface area contributed by atoms with Gasteiger partial charge in [-0.2, -0.15) is 0 Å². The summed E-state index contributed by atoms with van der Waals surface area (Å²) in [7, 11) is 3.14. The lowest BCUT2D eigenvalue weighted by Crippen LogP contribution is -2.30. The number of hydrogen-bond acceptors (Lipinski definition) is 6. The van der Waals surface area contributed by atoms with Gasteiger partial charge in [0.05, 0.1) is 18.7 Å². The molecule has 0 aliphatic heterocycles. The van der Waals surface area contributed by atoms with Crippen molar-refractivity contribution in [3.63, 3.8) is 0 Å². The van der Waals surface area contributed by atoms with Crippen molar-refractivity contribution in [1.82, 2.24) is 10.6 Å². The predicted octanol–water partition coefficient (Wildman–Crippen LogP) is 2.44. The van der Waals surface area contributed by atoms with Gasteiger partial charge in [0.25, 0.3) is 0 Å². The molecule has 0 saturated carbocycles. The monoisotopic (exact) mass is 404 g/mol. The first-order chi connectivity index (χ1) is 11.5. The van der Waals surface area contributed by atoms with Gasteiger partial charge < -0.3 is 29.6 Å². The van der Waals surface area contributed by atoms with E-state index in [-0.39, 0.29) is 0 Å². The van der Waals surface area contributed by atoms with Crippen LogP contribution in [0.25, 0.3) is 0 Å². The Morgan fingerprint density at radius 1 is 1.04 bits per heavy atom. The van der Waals surface area contributed by atoms with Crippen molar-refractivity contribution in [2.24, 2.45) is 0 Å². The van der Waals surface area contributed by atoms with Gasteiger partial charge in [0.2, 0.25) is 6.79 Å². The summed E-state index contributed by atoms with van der Waals surface area (Å²) in [6, 6.07) is 3.63. The predicted molar refractivity (Wildman–Crippen MR) is 90.5 cm³/mol. The van der Waals surface area contributed by atoms with Crippen molar-refractivity contribution in [2.45, 2.75) is 13.3 Å². The fraction of sp³-hybridized carbons (Fsp3) is 0.467. The SMILES string of the molecule is CCNC(=O)OCOC(=O)NCCc1cc(OC)c(Br)cc1OC. The number of benzene rings is 1. The summed E-state index contributed by atoms with van der Waals surface area (Å²) in [5.41, 5.74) is 0.872. The van der Waals surface area contributed by atoms with Gasteiger partial charge in [0.1, 0.15) is 11.5 Å². The first-order valence-corrected chi connectivity index (χ1v) is 8.02. The smallest absolute Gasteiger partial charge is 0.410 e. The molecule has 0 radical (unpaired) electrons. The van der Waals surface area contributed by atoms with E-state index in [0.29, 0.717) is 31.0 Å². The van der Waals surface area contributed by atoms with Crippen molar-refractivity contribution >= 4 is 28.1 Å². The third kappa shape index (κ3) is 6.53. The zero-order valence-electron chi connectivity index (χ0n) is 13.8. The van der Waals surface area contributed by atoms with Crippen LogP contribution in [0.1, 0.15) is 12.5 Å². The minimum atomic E-state index is -0.678. The number of carbonyl (C=O) groups is 2. The van der Waals surface area contributed by atoms with Crippen molar-refractivity contribution in [1.29, 1.82) is 0 Å². The molecule has 0 atom stereocenters. The minimum Gasteiger partial charge on any atom is -0.496 e. The van der Waals surface area contributed by atoms with Crippen LogP contribution in [0.3, 0.4) is 0 Å². The van der Waals surface area contributed by atoms with E-state index in [1.165, 1.54) is 0 Å². The first kappa shape index (κ1) is 19.9. The Kier molecular flexibility index (Phi) is 8.77. The Balaban J connectivity index is 2.41. The maximum absolute atomic E-state index is 11.5. The highest BCUT2D eigenvalue weighted by molar-refractivity contribution is 9.10. The van der Waals surface area contributed by atoms with Crippen molar-refractivity contribution in [3.8, 4) is 11.5 Å². The van der Waals surface area contributed by atoms with Crippen LogP contribution < -0.4 is 20.1 Å². The Morgan fingerprint density at radius 2 is 1.67 bits per heavy atom. The molecule has 0 bridgehead atoms. The summed E-state index contributed by atoms with van der Waals surface area (Å²) < 4.78 is 20.7. The molecule has 2 amide bonds. The third-order valence-corrected chi connectivity index (χ3v) is 3.54. The van der Waals surface area contributed by atoms with Gasteiger partial charge in [-0.3, -0.25) is 0 Å². The van der Waals surface area contributed by atoms with Crippen LogP contribution in [0.2, 0.25) is 0 Å². The lowest BCUT2D eigenvalue weighted by Gasteiger charge is -2.13. The van der Waals surface area contributed by atoms with Gasteiger partial charge in [0.15, 0.2) is 0 Å². The highest BCUT2D eigenvalue weighted by atomic mass is 79.9. The van der Waals surface area contributed by atoms with Gasteiger partial charge in [0, 0.05) is 13.1 Å². The number of nitrogens with one attached hydrogen (secondary N) is 2. The van der Waals surface area contributed by atoms with Gasteiger partial charge in [-0.15, -0.1) is 0 Å². The topological polar surface area (TPSA) is 95.1 Å². The average molecular weight is 405 g/mol. The molecule has 1 rings (SSSR count). The van der Waals surface area contributed by atoms with Crippen LogP contribution in [0.4, 0.5) is 9.59 Å². The van der Waals surface area contributed by atoms with E-state index in [0.717, 1.165) is 10.0 Å². The second kappa shape index (κ2) is 10.6. The van der Waals surface area contributed by atoms with Crippen LogP contribution >= 0.6 is 15.9 Å². The van der Waals surface area contributed by atoms with Crippen LogP contribution in [-0.2, 0) is 15.9 Å². The third-order valence-electron chi connectivity index (χ3n) is 2.92. The van der Waals surface area contributed by atoms with E-state index >= 15 is 0 Å². The van der Waals surface area contributed by atoms with E-state index in [9.17, 15) is 9.59 Å². The molecule has 0 fully saturated rings. The number of rotatable bonds is 8. The van der Waals surface area contributed by atoms with E-state index in [2.05, 4.69) is 31.3 Å². The number of halogens is 1. The summed E-state index contributed by atoms with van der Waals surface area (Å²) in [6.07, 6.45) is -0.807. The van der Waals surface area contributed by atoms with Crippen LogP contribution in [0.15, 0.2) is 16.6 Å². The average Bonchev–Trinajstić information content (AvgIpc) is 2.56. The van der Waals surface area contributed by atoms with E-state index < -0.39 is 19.0 Å². The lowest BCUT2D eigenvalue weighted by molar-refractivity contribution is 0.0247. The number of amides is 2. The van der Waals surface area contributed by atoms with E-state index in [1.807, 2.05) is 6.07 Å². The highest BCUT2D eigenvalue weighted by Gasteiger charge is 2.10. The van der Waals surface area contributed by atoms with Gasteiger partial charge in [-0.05, 0) is 47.0 Å². The van der Waals surface area contributed by atoms with Gasteiger partial charge in [-0.25, -0.2) is 9.59 Å². The van der Waals surface area contributed by atoms with Crippen LogP contribution in [0.5, 0.6) is 11.5 Å². The van der Waals surface area contributed by atoms with Crippen molar-refractivity contribution in [3.05, 3.63) is 22.2 Å². The molecule has 2 N–H and O–H groups in total. The molecular weight excluding hydrogens is 384 g/mol. The van der Waals surface area contributed by atoms with Crippen LogP contribution in [0, 0.1) is 0 Å². The molecular formula is C15H21BrN2O6. The number of ether oxygens (including phenoxy) is 4. The molecule has 0 aliphatic carbocycles. The van der Waals surface area contributed by atoms with Gasteiger partial charge in [-0.1, -0.05) is 0 Å². The quantitative estimate of drug-likeness (QED) is 0.646. The molecule has 0 aromatic heterocycles. The van der Waals surface area contributed by atoms with E-state index in [1.54, 1.807) is 27.2 Å². The maximum atomic E-state index is 11.5. The van der Waals surface area contributed by atoms with Crippen molar-refractivity contribution in [2.75, 3.05) is 34.1 Å². The summed E-state index contributed by atoms with van der Waals surface area (Å²) in [4.78, 5) is 22.5. The molecule has 24 heavy (non-hydrogen) atoms.